The van der Waals surface area contributed by atoms with E-state index in [9.17, 15) is 9.00 Å². The number of nitrogens with zero attached hydrogens (tertiary/aromatic N) is 3. The molecule has 1 unspecified atom stereocenters. The van der Waals surface area contributed by atoms with E-state index in [1.165, 1.54) is 37.4 Å². The van der Waals surface area contributed by atoms with Crippen molar-refractivity contribution in [3.63, 3.8) is 0 Å². The number of carbonyl (C=O) groups is 1. The lowest BCUT2D eigenvalue weighted by Crippen LogP contribution is -2.29. The highest BCUT2D eigenvalue weighted by Gasteiger charge is 2.13. The highest BCUT2D eigenvalue weighted by atomic mass is 32.2. The van der Waals surface area contributed by atoms with E-state index in [1.54, 1.807) is 43.6 Å². The van der Waals surface area contributed by atoms with Gasteiger partial charge < -0.3 is 9.64 Å². The molecule has 1 atom stereocenters. The van der Waals surface area contributed by atoms with E-state index in [1.807, 2.05) is 12.1 Å². The predicted molar refractivity (Wildman–Crippen MR) is 135 cm³/mol. The maximum absolute atomic E-state index is 13.0. The molecule has 1 aromatic heterocycles. The molecule has 0 aliphatic carbocycles. The van der Waals surface area contributed by atoms with Gasteiger partial charge in [-0.15, -0.1) is 0 Å². The smallest absolute Gasteiger partial charge is 0.286 e. The van der Waals surface area contributed by atoms with E-state index in [-0.39, 0.29) is 5.56 Å². The summed E-state index contributed by atoms with van der Waals surface area (Å²) in [6.07, 6.45) is 8.23. The minimum Gasteiger partial charge on any atom is -0.497 e. The molecule has 2 aromatic carbocycles. The van der Waals surface area contributed by atoms with Crippen molar-refractivity contribution >= 4 is 21.3 Å². The maximum Gasteiger partial charge on any atom is 0.286 e. The number of amides is 1. The molecule has 174 valence electrons. The molecule has 0 radical (unpaired) electrons. The standard InChI is InChI=1S/C27H27N3O3S/c1-33-25-12-14-26(15-13-25)34(2,32)29-27(31)23-18-22(19-28-20-23)7-6-21-8-10-24(11-9-21)30-16-4-3-5-17-30/h8-15,18-20H,3-5,16-17H2,1-2H3. The number of anilines is 1. The van der Waals surface area contributed by atoms with E-state index in [4.69, 9.17) is 4.74 Å². The fourth-order valence-electron chi connectivity index (χ4n) is 3.77. The first-order valence-electron chi connectivity index (χ1n) is 11.2. The molecular formula is C27H27N3O3S. The summed E-state index contributed by atoms with van der Waals surface area (Å²) in [5, 5.41) is 0. The second-order valence-corrected chi connectivity index (χ2v) is 10.4. The van der Waals surface area contributed by atoms with Gasteiger partial charge in [-0.3, -0.25) is 9.78 Å². The number of benzene rings is 2. The predicted octanol–water partition coefficient (Wildman–Crippen LogP) is 4.78. The van der Waals surface area contributed by atoms with Crippen LogP contribution in [0.4, 0.5) is 5.69 Å². The van der Waals surface area contributed by atoms with Gasteiger partial charge in [-0.2, -0.15) is 4.36 Å². The van der Waals surface area contributed by atoms with Crippen LogP contribution in [0.3, 0.4) is 0 Å². The van der Waals surface area contributed by atoms with Crippen LogP contribution in [0.1, 0.15) is 40.7 Å². The number of rotatable bonds is 4. The number of pyridine rings is 1. The van der Waals surface area contributed by atoms with Crippen LogP contribution in [0.2, 0.25) is 0 Å². The molecule has 4 rings (SSSR count). The van der Waals surface area contributed by atoms with E-state index in [2.05, 4.69) is 38.2 Å². The summed E-state index contributed by atoms with van der Waals surface area (Å²) in [6, 6.07) is 16.5. The summed E-state index contributed by atoms with van der Waals surface area (Å²) in [5.74, 6) is 6.23. The highest BCUT2D eigenvalue weighted by molar-refractivity contribution is 7.93. The van der Waals surface area contributed by atoms with Crippen molar-refractivity contribution in [1.29, 1.82) is 0 Å². The van der Waals surface area contributed by atoms with Gasteiger partial charge in [0.05, 0.1) is 22.4 Å². The van der Waals surface area contributed by atoms with E-state index in [0.29, 0.717) is 16.2 Å². The Bertz CT molecular complexity index is 1340. The third-order valence-electron chi connectivity index (χ3n) is 5.68. The molecule has 1 aliphatic heterocycles. The first-order valence-corrected chi connectivity index (χ1v) is 13.1. The minimum atomic E-state index is -2.91. The molecule has 0 saturated carbocycles. The molecule has 1 amide bonds. The van der Waals surface area contributed by atoms with Crippen molar-refractivity contribution in [2.45, 2.75) is 24.2 Å². The number of ether oxygens (including phenoxy) is 1. The van der Waals surface area contributed by atoms with Crippen molar-refractivity contribution in [2.24, 2.45) is 4.36 Å². The lowest BCUT2D eigenvalue weighted by molar-refractivity contribution is 0.100. The van der Waals surface area contributed by atoms with Gasteiger partial charge in [0.2, 0.25) is 0 Å². The van der Waals surface area contributed by atoms with E-state index < -0.39 is 15.6 Å². The molecule has 1 aliphatic rings. The molecule has 1 saturated heterocycles. The van der Waals surface area contributed by atoms with Crippen molar-refractivity contribution in [3.05, 3.63) is 83.7 Å². The van der Waals surface area contributed by atoms with Gasteiger partial charge in [0.25, 0.3) is 5.91 Å². The van der Waals surface area contributed by atoms with Crippen molar-refractivity contribution in [2.75, 3.05) is 31.4 Å². The number of methoxy groups -OCH3 is 1. The zero-order valence-corrected chi connectivity index (χ0v) is 20.2. The summed E-state index contributed by atoms with van der Waals surface area (Å²) >= 11 is 0. The normalized spacial score (nSPS) is 14.9. The van der Waals surface area contributed by atoms with Crippen LogP contribution < -0.4 is 9.64 Å². The second-order valence-electron chi connectivity index (χ2n) is 8.18. The Hall–Kier alpha value is -3.63. The Morgan fingerprint density at radius 2 is 1.65 bits per heavy atom. The first kappa shape index (κ1) is 23.5. The van der Waals surface area contributed by atoms with Gasteiger partial charge in [0.15, 0.2) is 0 Å². The Labute approximate surface area is 201 Å². The van der Waals surface area contributed by atoms with E-state index in [0.717, 1.165) is 18.7 Å². The van der Waals surface area contributed by atoms with Crippen LogP contribution >= 0.6 is 0 Å². The zero-order valence-electron chi connectivity index (χ0n) is 19.4. The number of hydrogen-bond acceptors (Lipinski definition) is 5. The summed E-state index contributed by atoms with van der Waals surface area (Å²) < 4.78 is 22.1. The maximum atomic E-state index is 13.0. The van der Waals surface area contributed by atoms with E-state index >= 15 is 0 Å². The van der Waals surface area contributed by atoms with Gasteiger partial charge in [-0.25, -0.2) is 4.21 Å². The SMILES string of the molecule is COc1ccc(S(C)(=O)=NC(=O)c2cncc(C#Cc3ccc(N4CCCCC4)cc3)c2)cc1. The third kappa shape index (κ3) is 5.83. The minimum absolute atomic E-state index is 0.246. The molecule has 0 bridgehead atoms. The van der Waals surface area contributed by atoms with Crippen molar-refractivity contribution in [3.8, 4) is 17.6 Å². The van der Waals surface area contributed by atoms with Crippen LogP contribution in [0.5, 0.6) is 5.75 Å². The summed E-state index contributed by atoms with van der Waals surface area (Å²) in [4.78, 5) is 19.7. The fourth-order valence-corrected chi connectivity index (χ4v) is 4.94. The monoisotopic (exact) mass is 473 g/mol. The van der Waals surface area contributed by atoms with Crippen LogP contribution in [-0.4, -0.2) is 41.6 Å². The van der Waals surface area contributed by atoms with Gasteiger partial charge in [-0.05, 0) is 73.9 Å². The Kier molecular flexibility index (Phi) is 7.29. The average Bonchev–Trinajstić information content (AvgIpc) is 2.88. The van der Waals surface area contributed by atoms with Gasteiger partial charge in [0.1, 0.15) is 5.75 Å². The third-order valence-corrected chi connectivity index (χ3v) is 7.34. The summed E-state index contributed by atoms with van der Waals surface area (Å²) in [5.41, 5.74) is 2.95. The lowest BCUT2D eigenvalue weighted by atomic mass is 10.1. The molecule has 2 heterocycles. The van der Waals surface area contributed by atoms with Crippen LogP contribution in [-0.2, 0) is 9.73 Å². The Morgan fingerprint density at radius 1 is 0.971 bits per heavy atom. The van der Waals surface area contributed by atoms with Crippen LogP contribution in [0, 0.1) is 11.8 Å². The Morgan fingerprint density at radius 3 is 2.32 bits per heavy atom. The molecular weight excluding hydrogens is 446 g/mol. The summed E-state index contributed by atoms with van der Waals surface area (Å²) in [7, 11) is -1.36. The quantitative estimate of drug-likeness (QED) is 0.510. The average molecular weight is 474 g/mol. The molecule has 1 fully saturated rings. The van der Waals surface area contributed by atoms with Gasteiger partial charge >= 0.3 is 0 Å². The molecule has 0 N–H and O–H groups in total. The first-order chi connectivity index (χ1) is 16.4. The van der Waals surface area contributed by atoms with Gasteiger partial charge in [0, 0.05) is 53.4 Å². The molecule has 34 heavy (non-hydrogen) atoms. The molecule has 7 heteroatoms. The highest BCUT2D eigenvalue weighted by Crippen LogP contribution is 2.20. The van der Waals surface area contributed by atoms with Crippen molar-refractivity contribution in [1.82, 2.24) is 4.98 Å². The number of piperidine rings is 1. The summed E-state index contributed by atoms with van der Waals surface area (Å²) in [6.45, 7) is 2.20. The molecule has 6 nitrogen and oxygen atoms in total. The number of aromatic nitrogens is 1. The lowest BCUT2D eigenvalue weighted by Gasteiger charge is -2.28. The fraction of sp³-hybridized carbons (Fsp3) is 0.259. The zero-order chi connectivity index (χ0) is 24.0. The second kappa shape index (κ2) is 10.5. The van der Waals surface area contributed by atoms with Crippen molar-refractivity contribution < 1.29 is 13.7 Å². The van der Waals surface area contributed by atoms with Gasteiger partial charge in [-0.1, -0.05) is 11.8 Å². The molecule has 3 aromatic rings. The number of carbonyl (C=O) groups excluding carboxylic acids is 1. The largest absolute Gasteiger partial charge is 0.497 e. The number of hydrogen-bond donors (Lipinski definition) is 0. The Balaban J connectivity index is 1.50. The topological polar surface area (TPSA) is 71.9 Å². The van der Waals surface area contributed by atoms with Crippen LogP contribution in [0.25, 0.3) is 0 Å². The van der Waals surface area contributed by atoms with Crippen LogP contribution in [0.15, 0.2) is 76.2 Å². The molecule has 0 spiro atoms.